The minimum atomic E-state index is -0.114. The van der Waals surface area contributed by atoms with Gasteiger partial charge >= 0.3 is 0 Å². The molecule has 1 N–H and O–H groups in total. The van der Waals surface area contributed by atoms with Crippen molar-refractivity contribution in [2.24, 2.45) is 0 Å². The quantitative estimate of drug-likeness (QED) is 0.762. The molecule has 138 valence electrons. The van der Waals surface area contributed by atoms with Crippen molar-refractivity contribution >= 4 is 17.3 Å². The number of rotatable bonds is 5. The van der Waals surface area contributed by atoms with Crippen LogP contribution in [0.5, 0.6) is 0 Å². The molecule has 0 radical (unpaired) electrons. The number of benzene rings is 2. The van der Waals surface area contributed by atoms with E-state index in [1.54, 1.807) is 0 Å². The number of hydrogen-bond donors (Lipinski definition) is 1. The average Bonchev–Trinajstić information content (AvgIpc) is 2.64. The first-order valence-electron chi connectivity index (χ1n) is 9.99. The molecule has 3 nitrogen and oxygen atoms in total. The summed E-state index contributed by atoms with van der Waals surface area (Å²) in [7, 11) is 0. The zero-order chi connectivity index (χ0) is 18.2. The summed E-state index contributed by atoms with van der Waals surface area (Å²) in [4.78, 5) is 15.4. The van der Waals surface area contributed by atoms with Crippen LogP contribution in [0.2, 0.25) is 0 Å². The van der Waals surface area contributed by atoms with Gasteiger partial charge in [-0.1, -0.05) is 68.7 Å². The van der Waals surface area contributed by atoms with Crippen molar-refractivity contribution in [2.45, 2.75) is 51.4 Å². The SMILES string of the molecule is CCC(C(=O)Nc1ccccc1N1CCCCCCC1)c1ccccc1. The van der Waals surface area contributed by atoms with Gasteiger partial charge < -0.3 is 10.2 Å². The van der Waals surface area contributed by atoms with E-state index >= 15 is 0 Å². The highest BCUT2D eigenvalue weighted by Gasteiger charge is 2.20. The van der Waals surface area contributed by atoms with Crippen LogP contribution in [0.4, 0.5) is 11.4 Å². The van der Waals surface area contributed by atoms with Gasteiger partial charge in [0.25, 0.3) is 0 Å². The van der Waals surface area contributed by atoms with Crippen molar-refractivity contribution in [3.8, 4) is 0 Å². The van der Waals surface area contributed by atoms with E-state index in [1.165, 1.54) is 32.1 Å². The Kier molecular flexibility index (Phi) is 6.70. The topological polar surface area (TPSA) is 32.3 Å². The number of nitrogens with one attached hydrogen (secondary N) is 1. The Morgan fingerprint density at radius 3 is 2.23 bits per heavy atom. The molecule has 2 aromatic rings. The lowest BCUT2D eigenvalue weighted by Crippen LogP contribution is -2.29. The van der Waals surface area contributed by atoms with Crippen LogP contribution in [0.15, 0.2) is 54.6 Å². The number of carbonyl (C=O) groups is 1. The van der Waals surface area contributed by atoms with Crippen molar-refractivity contribution in [3.05, 3.63) is 60.2 Å². The van der Waals surface area contributed by atoms with Gasteiger partial charge in [0.1, 0.15) is 0 Å². The molecule has 0 bridgehead atoms. The second-order valence-corrected chi connectivity index (χ2v) is 7.13. The lowest BCUT2D eigenvalue weighted by Gasteiger charge is -2.29. The van der Waals surface area contributed by atoms with Crippen molar-refractivity contribution < 1.29 is 4.79 Å². The largest absolute Gasteiger partial charge is 0.370 e. The van der Waals surface area contributed by atoms with Crippen LogP contribution in [-0.2, 0) is 4.79 Å². The van der Waals surface area contributed by atoms with Crippen molar-refractivity contribution in [1.82, 2.24) is 0 Å². The van der Waals surface area contributed by atoms with Crippen LogP contribution in [0.3, 0.4) is 0 Å². The van der Waals surface area contributed by atoms with Gasteiger partial charge in [-0.3, -0.25) is 4.79 Å². The molecular formula is C23H30N2O. The molecule has 1 fully saturated rings. The molecule has 2 aromatic carbocycles. The van der Waals surface area contributed by atoms with Gasteiger partial charge in [0, 0.05) is 13.1 Å². The highest BCUT2D eigenvalue weighted by Crippen LogP contribution is 2.29. The van der Waals surface area contributed by atoms with Crippen molar-refractivity contribution in [1.29, 1.82) is 0 Å². The first-order valence-corrected chi connectivity index (χ1v) is 9.99. The summed E-state index contributed by atoms with van der Waals surface area (Å²) in [6.07, 6.45) is 7.20. The smallest absolute Gasteiger partial charge is 0.231 e. The van der Waals surface area contributed by atoms with Gasteiger partial charge in [0.15, 0.2) is 0 Å². The highest BCUT2D eigenvalue weighted by molar-refractivity contribution is 5.98. The lowest BCUT2D eigenvalue weighted by molar-refractivity contribution is -0.117. The summed E-state index contributed by atoms with van der Waals surface area (Å²) in [5.41, 5.74) is 3.18. The summed E-state index contributed by atoms with van der Waals surface area (Å²) in [5, 5.41) is 3.21. The fourth-order valence-corrected chi connectivity index (χ4v) is 3.82. The molecule has 0 aliphatic carbocycles. The Bertz CT molecular complexity index is 690. The Balaban J connectivity index is 1.77. The Hall–Kier alpha value is -2.29. The minimum absolute atomic E-state index is 0.0817. The van der Waals surface area contributed by atoms with E-state index in [0.717, 1.165) is 36.4 Å². The number of carbonyl (C=O) groups excluding carboxylic acids is 1. The van der Waals surface area contributed by atoms with Crippen LogP contribution in [0.1, 0.15) is 56.9 Å². The number of hydrogen-bond acceptors (Lipinski definition) is 2. The summed E-state index contributed by atoms with van der Waals surface area (Å²) in [5.74, 6) is -0.0326. The normalized spacial score (nSPS) is 16.4. The molecule has 1 aliphatic heterocycles. The summed E-state index contributed by atoms with van der Waals surface area (Å²) in [6.45, 7) is 4.22. The maximum atomic E-state index is 13.0. The van der Waals surface area contributed by atoms with E-state index in [0.29, 0.717) is 0 Å². The van der Waals surface area contributed by atoms with Gasteiger partial charge in [-0.15, -0.1) is 0 Å². The zero-order valence-corrected chi connectivity index (χ0v) is 15.8. The van der Waals surface area contributed by atoms with Crippen molar-refractivity contribution in [2.75, 3.05) is 23.3 Å². The van der Waals surface area contributed by atoms with Crippen LogP contribution in [-0.4, -0.2) is 19.0 Å². The van der Waals surface area contributed by atoms with Crippen LogP contribution >= 0.6 is 0 Å². The van der Waals surface area contributed by atoms with E-state index < -0.39 is 0 Å². The molecule has 1 amide bonds. The zero-order valence-electron chi connectivity index (χ0n) is 15.8. The molecule has 0 spiro atoms. The molecule has 1 unspecified atom stereocenters. The molecule has 3 rings (SSSR count). The van der Waals surface area contributed by atoms with Gasteiger partial charge in [-0.2, -0.15) is 0 Å². The lowest BCUT2D eigenvalue weighted by atomic mass is 9.95. The minimum Gasteiger partial charge on any atom is -0.370 e. The first kappa shape index (κ1) is 18.5. The molecule has 26 heavy (non-hydrogen) atoms. The molecule has 1 heterocycles. The third-order valence-corrected chi connectivity index (χ3v) is 5.29. The molecular weight excluding hydrogens is 320 g/mol. The number of amides is 1. The van der Waals surface area contributed by atoms with E-state index in [4.69, 9.17) is 0 Å². The van der Waals surface area contributed by atoms with Gasteiger partial charge in [-0.25, -0.2) is 0 Å². The fraction of sp³-hybridized carbons (Fsp3) is 0.435. The van der Waals surface area contributed by atoms with E-state index in [2.05, 4.69) is 29.3 Å². The second kappa shape index (κ2) is 9.42. The Morgan fingerprint density at radius 2 is 1.54 bits per heavy atom. The van der Waals surface area contributed by atoms with Gasteiger partial charge in [0.2, 0.25) is 5.91 Å². The second-order valence-electron chi connectivity index (χ2n) is 7.13. The Labute approximate surface area is 157 Å². The summed E-state index contributed by atoms with van der Waals surface area (Å²) >= 11 is 0. The van der Waals surface area contributed by atoms with Crippen LogP contribution < -0.4 is 10.2 Å². The van der Waals surface area contributed by atoms with Gasteiger partial charge in [-0.05, 0) is 37.0 Å². The Morgan fingerprint density at radius 1 is 0.923 bits per heavy atom. The monoisotopic (exact) mass is 350 g/mol. The summed E-state index contributed by atoms with van der Waals surface area (Å²) in [6, 6.07) is 18.3. The third-order valence-electron chi connectivity index (χ3n) is 5.29. The molecule has 1 saturated heterocycles. The van der Waals surface area contributed by atoms with E-state index in [-0.39, 0.29) is 11.8 Å². The maximum absolute atomic E-state index is 13.0. The molecule has 0 saturated carbocycles. The standard InChI is InChI=1S/C23H30N2O/c1-2-20(19-13-7-6-8-14-19)23(26)24-21-15-9-10-16-22(21)25-17-11-4-3-5-12-18-25/h6-10,13-16,20H,2-5,11-12,17-18H2,1H3,(H,24,26). The van der Waals surface area contributed by atoms with Crippen molar-refractivity contribution in [3.63, 3.8) is 0 Å². The number of nitrogens with zero attached hydrogens (tertiary/aromatic N) is 1. The first-order chi connectivity index (χ1) is 12.8. The predicted molar refractivity (Wildman–Crippen MR) is 110 cm³/mol. The molecule has 1 aliphatic rings. The number of para-hydroxylation sites is 2. The van der Waals surface area contributed by atoms with Crippen LogP contribution in [0.25, 0.3) is 0 Å². The van der Waals surface area contributed by atoms with E-state index in [1.807, 2.05) is 42.5 Å². The molecule has 0 aromatic heterocycles. The van der Waals surface area contributed by atoms with Gasteiger partial charge in [0.05, 0.1) is 17.3 Å². The summed E-state index contributed by atoms with van der Waals surface area (Å²) < 4.78 is 0. The molecule has 3 heteroatoms. The highest BCUT2D eigenvalue weighted by atomic mass is 16.1. The maximum Gasteiger partial charge on any atom is 0.231 e. The predicted octanol–water partition coefficient (Wildman–Crippen LogP) is 5.59. The average molecular weight is 351 g/mol. The number of anilines is 2. The third kappa shape index (κ3) is 4.66. The van der Waals surface area contributed by atoms with Crippen LogP contribution in [0, 0.1) is 0 Å². The van der Waals surface area contributed by atoms with E-state index in [9.17, 15) is 4.79 Å². The molecule has 1 atom stereocenters. The fourth-order valence-electron chi connectivity index (χ4n) is 3.82.